The lowest BCUT2D eigenvalue weighted by atomic mass is 9.98. The van der Waals surface area contributed by atoms with Crippen LogP contribution in [0.5, 0.6) is 0 Å². The van der Waals surface area contributed by atoms with Crippen molar-refractivity contribution in [3.05, 3.63) is 0 Å². The number of nitrogens with zero attached hydrogens (tertiary/aromatic N) is 1. The average Bonchev–Trinajstić information content (AvgIpc) is 2.32. The van der Waals surface area contributed by atoms with Gasteiger partial charge in [-0.1, -0.05) is 13.3 Å². The number of hydrogen-bond donors (Lipinski definition) is 2. The van der Waals surface area contributed by atoms with E-state index in [0.29, 0.717) is 23.6 Å². The third kappa shape index (κ3) is 4.90. The second-order valence-corrected chi connectivity index (χ2v) is 5.43. The summed E-state index contributed by atoms with van der Waals surface area (Å²) in [5.74, 6) is -0.0350. The molecule has 5 heteroatoms. The molecule has 0 aromatic heterocycles. The molecule has 2 atom stereocenters. The van der Waals surface area contributed by atoms with Crippen LogP contribution in [0.15, 0.2) is 0 Å². The third-order valence-corrected chi connectivity index (χ3v) is 3.85. The van der Waals surface area contributed by atoms with Gasteiger partial charge >= 0.3 is 0 Å². The monoisotopic (exact) mass is 271 g/mol. The van der Waals surface area contributed by atoms with Crippen molar-refractivity contribution in [2.75, 3.05) is 13.1 Å². The van der Waals surface area contributed by atoms with E-state index in [1.807, 2.05) is 6.92 Å². The van der Waals surface area contributed by atoms with E-state index in [-0.39, 0.29) is 5.91 Å². The highest BCUT2D eigenvalue weighted by Crippen LogP contribution is 2.21. The highest BCUT2D eigenvalue weighted by molar-refractivity contribution is 7.80. The van der Waals surface area contributed by atoms with Crippen LogP contribution in [0.25, 0.3) is 0 Å². The minimum absolute atomic E-state index is 0.0350. The summed E-state index contributed by atoms with van der Waals surface area (Å²) in [6, 6.07) is 1.30. The molecule has 0 aromatic rings. The first-order valence-electron chi connectivity index (χ1n) is 6.88. The van der Waals surface area contributed by atoms with E-state index < -0.39 is 0 Å². The van der Waals surface area contributed by atoms with Crippen molar-refractivity contribution >= 4 is 23.2 Å². The molecule has 0 saturated carbocycles. The highest BCUT2D eigenvalue weighted by Gasteiger charge is 2.23. The van der Waals surface area contributed by atoms with Gasteiger partial charge in [-0.25, -0.2) is 0 Å². The lowest BCUT2D eigenvalue weighted by Crippen LogP contribution is -2.48. The smallest absolute Gasteiger partial charge is 0.225 e. The van der Waals surface area contributed by atoms with Crippen molar-refractivity contribution < 1.29 is 4.79 Å². The first-order chi connectivity index (χ1) is 8.54. The molecule has 4 nitrogen and oxygen atoms in total. The summed E-state index contributed by atoms with van der Waals surface area (Å²) < 4.78 is 0. The van der Waals surface area contributed by atoms with Gasteiger partial charge in [0, 0.05) is 31.6 Å². The van der Waals surface area contributed by atoms with Crippen molar-refractivity contribution in [2.24, 2.45) is 0 Å². The molecule has 1 aliphatic heterocycles. The molecule has 1 heterocycles. The van der Waals surface area contributed by atoms with Crippen LogP contribution in [0.4, 0.5) is 0 Å². The van der Waals surface area contributed by atoms with Gasteiger partial charge < -0.3 is 10.6 Å². The molecule has 1 fully saturated rings. The maximum atomic E-state index is 11.1. The van der Waals surface area contributed by atoms with Crippen LogP contribution < -0.4 is 10.6 Å². The van der Waals surface area contributed by atoms with Crippen molar-refractivity contribution in [3.63, 3.8) is 0 Å². The molecule has 1 aliphatic rings. The van der Waals surface area contributed by atoms with Gasteiger partial charge in [-0.3, -0.25) is 9.69 Å². The van der Waals surface area contributed by atoms with E-state index in [4.69, 9.17) is 12.2 Å². The quantitative estimate of drug-likeness (QED) is 0.763. The number of nitrogens with one attached hydrogen (secondary N) is 2. The standard InChI is InChI=1S/C13H25N3OS/c1-4-12(17)15-13(18)14-8-9-16-10(2)6-5-7-11(16)3/h10-11H,4-9H2,1-3H3,(H2,14,15,17,18). The maximum absolute atomic E-state index is 11.1. The third-order valence-electron chi connectivity index (χ3n) is 3.61. The number of carbonyl (C=O) groups excluding carboxylic acids is 1. The van der Waals surface area contributed by atoms with E-state index >= 15 is 0 Å². The van der Waals surface area contributed by atoms with Gasteiger partial charge in [0.1, 0.15) is 0 Å². The molecule has 2 unspecified atom stereocenters. The average molecular weight is 271 g/mol. The SMILES string of the molecule is CCC(=O)NC(=S)NCCN1C(C)CCCC1C. The summed E-state index contributed by atoms with van der Waals surface area (Å²) in [6.45, 7) is 8.15. The number of hydrogen-bond acceptors (Lipinski definition) is 3. The lowest BCUT2D eigenvalue weighted by Gasteiger charge is -2.39. The van der Waals surface area contributed by atoms with Crippen LogP contribution >= 0.6 is 12.2 Å². The van der Waals surface area contributed by atoms with Gasteiger partial charge in [-0.2, -0.15) is 0 Å². The number of amides is 1. The molecule has 18 heavy (non-hydrogen) atoms. The van der Waals surface area contributed by atoms with Crippen molar-refractivity contribution in [2.45, 2.75) is 58.5 Å². The lowest BCUT2D eigenvalue weighted by molar-refractivity contribution is -0.119. The molecule has 1 rings (SSSR count). The number of thiocarbonyl (C=S) groups is 1. The topological polar surface area (TPSA) is 44.4 Å². The predicted octanol–water partition coefficient (Wildman–Crippen LogP) is 1.65. The summed E-state index contributed by atoms with van der Waals surface area (Å²) in [7, 11) is 0. The van der Waals surface area contributed by atoms with Crippen LogP contribution in [0.2, 0.25) is 0 Å². The summed E-state index contributed by atoms with van der Waals surface area (Å²) in [5.41, 5.74) is 0. The van der Waals surface area contributed by atoms with Gasteiger partial charge in [0.25, 0.3) is 0 Å². The van der Waals surface area contributed by atoms with Crippen molar-refractivity contribution in [1.29, 1.82) is 0 Å². The number of piperidine rings is 1. The van der Waals surface area contributed by atoms with Crippen LogP contribution in [-0.2, 0) is 4.79 Å². The fourth-order valence-corrected chi connectivity index (χ4v) is 2.69. The molecule has 1 amide bonds. The molecule has 0 aliphatic carbocycles. The van der Waals surface area contributed by atoms with E-state index in [0.717, 1.165) is 13.1 Å². The second kappa shape index (κ2) is 7.69. The van der Waals surface area contributed by atoms with Crippen LogP contribution in [-0.4, -0.2) is 41.1 Å². The zero-order chi connectivity index (χ0) is 13.5. The molecule has 1 saturated heterocycles. The molecule has 0 aromatic carbocycles. The zero-order valence-electron chi connectivity index (χ0n) is 11.7. The Hall–Kier alpha value is -0.680. The van der Waals surface area contributed by atoms with Crippen molar-refractivity contribution in [3.8, 4) is 0 Å². The summed E-state index contributed by atoms with van der Waals surface area (Å²) in [4.78, 5) is 13.7. The predicted molar refractivity (Wildman–Crippen MR) is 78.5 cm³/mol. The Kier molecular flexibility index (Phi) is 6.57. The summed E-state index contributed by atoms with van der Waals surface area (Å²) in [6.07, 6.45) is 4.35. The van der Waals surface area contributed by atoms with E-state index in [1.54, 1.807) is 0 Å². The Morgan fingerprint density at radius 2 is 1.94 bits per heavy atom. The first kappa shape index (κ1) is 15.4. The van der Waals surface area contributed by atoms with Gasteiger partial charge in [0.15, 0.2) is 5.11 Å². The van der Waals surface area contributed by atoms with Gasteiger partial charge in [-0.05, 0) is 38.9 Å². The fraction of sp³-hybridized carbons (Fsp3) is 0.846. The summed E-state index contributed by atoms with van der Waals surface area (Å²) >= 11 is 5.06. The number of likely N-dealkylation sites (tertiary alicyclic amines) is 1. The Labute approximate surface area is 115 Å². The minimum atomic E-state index is -0.0350. The second-order valence-electron chi connectivity index (χ2n) is 5.02. The van der Waals surface area contributed by atoms with E-state index in [2.05, 4.69) is 29.4 Å². The Bertz CT molecular complexity index is 286. The Balaban J connectivity index is 2.24. The van der Waals surface area contributed by atoms with Gasteiger partial charge in [0.2, 0.25) is 5.91 Å². The van der Waals surface area contributed by atoms with Crippen molar-refractivity contribution in [1.82, 2.24) is 15.5 Å². The van der Waals surface area contributed by atoms with E-state index in [1.165, 1.54) is 19.3 Å². The van der Waals surface area contributed by atoms with Gasteiger partial charge in [0.05, 0.1) is 0 Å². The molecule has 104 valence electrons. The van der Waals surface area contributed by atoms with Gasteiger partial charge in [-0.15, -0.1) is 0 Å². The van der Waals surface area contributed by atoms with Crippen LogP contribution in [0, 0.1) is 0 Å². The Morgan fingerprint density at radius 1 is 1.33 bits per heavy atom. The van der Waals surface area contributed by atoms with Crippen LogP contribution in [0.1, 0.15) is 46.5 Å². The molecule has 0 bridgehead atoms. The summed E-state index contributed by atoms with van der Waals surface area (Å²) in [5, 5.41) is 6.19. The molecule has 0 radical (unpaired) electrons. The largest absolute Gasteiger partial charge is 0.361 e. The minimum Gasteiger partial charge on any atom is -0.361 e. The molecular formula is C13H25N3OS. The van der Waals surface area contributed by atoms with E-state index in [9.17, 15) is 4.79 Å². The first-order valence-corrected chi connectivity index (χ1v) is 7.28. The molecular weight excluding hydrogens is 246 g/mol. The fourth-order valence-electron chi connectivity index (χ4n) is 2.47. The number of carbonyl (C=O) groups is 1. The molecule has 2 N–H and O–H groups in total. The number of rotatable bonds is 4. The normalized spacial score (nSPS) is 24.6. The molecule has 0 spiro atoms. The zero-order valence-corrected chi connectivity index (χ0v) is 12.5. The Morgan fingerprint density at radius 3 is 2.50 bits per heavy atom. The maximum Gasteiger partial charge on any atom is 0.225 e. The van der Waals surface area contributed by atoms with Crippen LogP contribution in [0.3, 0.4) is 0 Å². The highest BCUT2D eigenvalue weighted by atomic mass is 32.1.